The molecule has 0 aliphatic rings. The van der Waals surface area contributed by atoms with Crippen LogP contribution in [0.25, 0.3) is 0 Å². The highest BCUT2D eigenvalue weighted by molar-refractivity contribution is 5.46. The summed E-state index contributed by atoms with van der Waals surface area (Å²) in [4.78, 5) is 8.75. The summed E-state index contributed by atoms with van der Waals surface area (Å²) in [7, 11) is 0. The van der Waals surface area contributed by atoms with Crippen molar-refractivity contribution in [1.82, 2.24) is 5.48 Å². The van der Waals surface area contributed by atoms with Crippen LogP contribution in [0.3, 0.4) is 0 Å². The summed E-state index contributed by atoms with van der Waals surface area (Å²) in [5.74, 6) is 0. The molecule has 0 bridgehead atoms. The average Bonchev–Trinajstić information content (AvgIpc) is 1.37. The van der Waals surface area contributed by atoms with Gasteiger partial charge in [0.15, 0.2) is 6.41 Å². The maximum Gasteiger partial charge on any atom is 0.196 e. The Labute approximate surface area is 23.2 Å². The summed E-state index contributed by atoms with van der Waals surface area (Å²) < 4.78 is 0. The van der Waals surface area contributed by atoms with Crippen LogP contribution >= 0.6 is 0 Å². The van der Waals surface area contributed by atoms with E-state index < -0.39 is 0 Å². The molecule has 0 saturated carbocycles. The molecule has 3 nitrogen and oxygen atoms in total. The lowest BCUT2D eigenvalue weighted by atomic mass is 11.5. The standard InChI is InChI=1S/CH2NO2/c3-1-2-4/h1H,(H-,2,3,4)/q-1. The van der Waals surface area contributed by atoms with Crippen molar-refractivity contribution in [2.24, 2.45) is 0 Å². The maximum atomic E-state index is 8.75. The van der Waals surface area contributed by atoms with E-state index in [-0.39, 0.29) is 6.41 Å². The van der Waals surface area contributed by atoms with Crippen molar-refractivity contribution in [3.05, 3.63) is 5.21 Å². The molecule has 0 spiro atoms. The van der Waals surface area contributed by atoms with Crippen molar-refractivity contribution in [1.29, 1.82) is 0 Å². The summed E-state index contributed by atoms with van der Waals surface area (Å²) >= 11 is 0. The van der Waals surface area contributed by atoms with Gasteiger partial charge in [-0.25, -0.2) is 0 Å². The molecule has 4 heavy (non-hydrogen) atoms. The van der Waals surface area contributed by atoms with E-state index in [1.54, 1.807) is 0 Å². The Bertz CT molecular complexity index is 20.0. The molecule has 0 heterocycles. The zero-order chi connectivity index (χ0) is 3.41. The summed E-state index contributed by atoms with van der Waals surface area (Å²) in [6.07, 6.45) is 0.0694. The lowest BCUT2D eigenvalue weighted by Crippen LogP contribution is -1.94. The van der Waals surface area contributed by atoms with Crippen LogP contribution in [-0.2, 0) is 4.79 Å². The van der Waals surface area contributed by atoms with Crippen LogP contribution in [0.4, 0.5) is 0 Å². The molecule has 0 fully saturated rings. The molecule has 0 rings (SSSR count). The molecule has 1 N–H and O–H groups in total. The monoisotopic (exact) mass is 60.0 g/mol. The fourth-order valence-electron chi connectivity index (χ4n) is 0. The number of hydrogen-bond acceptors (Lipinski definition) is 2. The molecule has 0 saturated heterocycles. The van der Waals surface area contributed by atoms with Gasteiger partial charge in [-0.1, -0.05) is 0 Å². The Morgan fingerprint density at radius 1 is 2.00 bits per heavy atom. The van der Waals surface area contributed by atoms with E-state index >= 15 is 0 Å². The summed E-state index contributed by atoms with van der Waals surface area (Å²) in [6, 6.07) is 0. The van der Waals surface area contributed by atoms with Gasteiger partial charge in [0.25, 0.3) is 0 Å². The van der Waals surface area contributed by atoms with Crippen LogP contribution in [0.2, 0.25) is 0 Å². The molecule has 0 aliphatic heterocycles. The predicted molar refractivity (Wildman–Crippen MR) is 12.6 cm³/mol. The molecule has 0 unspecified atom stereocenters. The molecule has 1 amide bonds. The Balaban J connectivity index is 2.30. The van der Waals surface area contributed by atoms with E-state index in [0.29, 0.717) is 0 Å². The molecule has 0 radical (unpaired) electrons. The third-order valence-electron chi connectivity index (χ3n) is 0.0481. The highest BCUT2D eigenvalue weighted by Gasteiger charge is 1.31. The lowest BCUT2D eigenvalue weighted by molar-refractivity contribution is -0.108. The van der Waals surface area contributed by atoms with Gasteiger partial charge in [0.1, 0.15) is 0 Å². The van der Waals surface area contributed by atoms with E-state index in [1.807, 2.05) is 0 Å². The van der Waals surface area contributed by atoms with Crippen LogP contribution in [0, 0.1) is 5.21 Å². The van der Waals surface area contributed by atoms with E-state index in [0.717, 1.165) is 5.48 Å². The maximum absolute atomic E-state index is 8.75. The summed E-state index contributed by atoms with van der Waals surface area (Å²) in [5.41, 5.74) is 1.00. The average molecular weight is 60.0 g/mol. The highest BCUT2D eigenvalue weighted by Crippen LogP contribution is 1.15. The van der Waals surface area contributed by atoms with Crippen LogP contribution in [0.1, 0.15) is 0 Å². The van der Waals surface area contributed by atoms with E-state index in [2.05, 4.69) is 0 Å². The first-order valence-electron chi connectivity index (χ1n) is 0.729. The fourth-order valence-corrected chi connectivity index (χ4v) is 0. The molecule has 0 aromatic rings. The van der Waals surface area contributed by atoms with Gasteiger partial charge in [-0.2, -0.15) is 0 Å². The van der Waals surface area contributed by atoms with Gasteiger partial charge in [-0.15, -0.1) is 0 Å². The first-order valence-corrected chi connectivity index (χ1v) is 0.729. The smallest absolute Gasteiger partial charge is 0.196 e. The SMILES string of the molecule is O=CN[O-]. The zero-order valence-corrected chi connectivity index (χ0v) is 1.89. The van der Waals surface area contributed by atoms with Crippen molar-refractivity contribution in [2.45, 2.75) is 0 Å². The van der Waals surface area contributed by atoms with Gasteiger partial charge in [0.05, 0.1) is 0 Å². The minimum absolute atomic E-state index is 0.0694. The Morgan fingerprint density at radius 2 is 2.25 bits per heavy atom. The van der Waals surface area contributed by atoms with E-state index in [4.69, 9.17) is 10.0 Å². The topological polar surface area (TPSA) is 52.2 Å². The number of carbonyl (C=O) groups is 1. The predicted octanol–water partition coefficient (Wildman–Crippen LogP) is -0.770. The van der Waals surface area contributed by atoms with Gasteiger partial charge in [0.2, 0.25) is 0 Å². The molecular weight excluding hydrogens is 58.0 g/mol. The lowest BCUT2D eigenvalue weighted by Gasteiger charge is -1.89. The normalized spacial score (nSPS) is 5.25. The Hall–Kier alpha value is -0.570. The fraction of sp³-hybridized carbons (Fsp3) is 0. The molecule has 3 heteroatoms. The van der Waals surface area contributed by atoms with Crippen molar-refractivity contribution < 1.29 is 4.79 Å². The number of hydrogen-bond donors (Lipinski definition) is 1. The molecule has 24 valence electrons. The number of amides is 1. The quantitative estimate of drug-likeness (QED) is 0.319. The third-order valence-corrected chi connectivity index (χ3v) is 0.0481. The second-order valence-corrected chi connectivity index (χ2v) is 0.236. The van der Waals surface area contributed by atoms with Crippen LogP contribution in [0.5, 0.6) is 0 Å². The zero-order valence-electron chi connectivity index (χ0n) is 1.89. The summed E-state index contributed by atoms with van der Waals surface area (Å²) in [6.45, 7) is 0. The van der Waals surface area contributed by atoms with Crippen LogP contribution in [0.15, 0.2) is 0 Å². The minimum Gasteiger partial charge on any atom is -0.759 e. The Kier molecular flexibility index (Phi) is 2.08. The first-order chi connectivity index (χ1) is 1.91. The van der Waals surface area contributed by atoms with E-state index in [9.17, 15) is 0 Å². The minimum atomic E-state index is 0.0694. The highest BCUT2D eigenvalue weighted by atomic mass is 16.5. The van der Waals surface area contributed by atoms with E-state index in [1.165, 1.54) is 0 Å². The van der Waals surface area contributed by atoms with Crippen molar-refractivity contribution in [3.8, 4) is 0 Å². The Morgan fingerprint density at radius 3 is 2.25 bits per heavy atom. The third kappa shape index (κ3) is 1.43. The van der Waals surface area contributed by atoms with Gasteiger partial charge in [0, 0.05) is 0 Å². The number of rotatable bonds is 1. The molecule has 0 aromatic heterocycles. The van der Waals surface area contributed by atoms with Gasteiger partial charge < -0.3 is 10.7 Å². The molecule has 0 aromatic carbocycles. The van der Waals surface area contributed by atoms with Gasteiger partial charge in [-0.05, 0) is 0 Å². The van der Waals surface area contributed by atoms with Gasteiger partial charge in [-0.3, -0.25) is 4.79 Å². The van der Waals surface area contributed by atoms with Crippen molar-refractivity contribution in [2.75, 3.05) is 0 Å². The van der Waals surface area contributed by atoms with Crippen molar-refractivity contribution in [3.63, 3.8) is 0 Å². The number of hydroxylamine groups is 1. The van der Waals surface area contributed by atoms with Gasteiger partial charge >= 0.3 is 0 Å². The summed E-state index contributed by atoms with van der Waals surface area (Å²) in [5, 5.41) is 8.68. The second kappa shape index (κ2) is 2.43. The van der Waals surface area contributed by atoms with Crippen LogP contribution < -0.4 is 5.48 Å². The number of carbonyl (C=O) groups excluding carboxylic acids is 1. The first kappa shape index (κ1) is 3.43. The van der Waals surface area contributed by atoms with Crippen LogP contribution in [-0.4, -0.2) is 6.41 Å². The second-order valence-electron chi connectivity index (χ2n) is 0.236. The number of nitrogens with one attached hydrogen (secondary N) is 1. The largest absolute Gasteiger partial charge is 0.759 e. The molecule has 0 aliphatic carbocycles. The molecule has 0 atom stereocenters. The molecular formula is CH2NO2-. The van der Waals surface area contributed by atoms with Crippen molar-refractivity contribution >= 4 is 6.41 Å².